The number of hydrogen-bond donors (Lipinski definition) is 4. The zero-order valence-corrected chi connectivity index (χ0v) is 14.0. The minimum atomic E-state index is -4.07. The normalized spacial score (nSPS) is 14.7. The summed E-state index contributed by atoms with van der Waals surface area (Å²) in [6.45, 7) is 0.171. The minimum Gasteiger partial charge on any atom is -0.478 e. The van der Waals surface area contributed by atoms with Crippen LogP contribution in [0.25, 0.3) is 0 Å². The highest BCUT2D eigenvalue weighted by atomic mass is 79.9. The van der Waals surface area contributed by atoms with E-state index in [0.717, 1.165) is 12.1 Å². The van der Waals surface area contributed by atoms with Gasteiger partial charge in [-0.25, -0.2) is 17.9 Å². The molecule has 0 spiro atoms. The molecular formula is C11H13BrClNO6S. The summed E-state index contributed by atoms with van der Waals surface area (Å²) >= 11 is 8.75. The third-order valence-electron chi connectivity index (χ3n) is 2.53. The summed E-state index contributed by atoms with van der Waals surface area (Å²) in [6, 6.07) is 2.05. The van der Waals surface area contributed by atoms with E-state index in [9.17, 15) is 18.3 Å². The van der Waals surface area contributed by atoms with Gasteiger partial charge in [-0.05, 0) is 35.0 Å². The summed E-state index contributed by atoms with van der Waals surface area (Å²) in [6.07, 6.45) is 0. The lowest BCUT2D eigenvalue weighted by molar-refractivity contribution is 0.00681. The molecule has 0 saturated heterocycles. The molecule has 0 radical (unpaired) electrons. The number of aliphatic hydroxyl groups is 2. The highest BCUT2D eigenvalue weighted by Crippen LogP contribution is 2.29. The van der Waals surface area contributed by atoms with Crippen molar-refractivity contribution in [3.63, 3.8) is 0 Å². The molecule has 0 aliphatic carbocycles. The first kappa shape index (κ1) is 18.3. The Morgan fingerprint density at radius 3 is 2.52 bits per heavy atom. The van der Waals surface area contributed by atoms with Gasteiger partial charge in [0.05, 0.1) is 27.7 Å². The molecule has 4 N–H and O–H groups in total. The van der Waals surface area contributed by atoms with E-state index in [1.54, 1.807) is 0 Å². The number of rotatable bonds is 6. The Kier molecular flexibility index (Phi) is 5.76. The van der Waals surface area contributed by atoms with Gasteiger partial charge in [0, 0.05) is 11.0 Å². The first-order valence-electron chi connectivity index (χ1n) is 5.55. The third kappa shape index (κ3) is 4.63. The number of aliphatic hydroxyl groups excluding tert-OH is 1. The Morgan fingerprint density at radius 1 is 1.48 bits per heavy atom. The Bertz CT molecular complexity index is 661. The van der Waals surface area contributed by atoms with Gasteiger partial charge in [0.15, 0.2) is 0 Å². The zero-order chi connectivity index (χ0) is 16.4. The van der Waals surface area contributed by atoms with Crippen molar-refractivity contribution >= 4 is 43.5 Å². The molecule has 10 heteroatoms. The molecule has 21 heavy (non-hydrogen) atoms. The van der Waals surface area contributed by atoms with Crippen molar-refractivity contribution in [2.24, 2.45) is 0 Å². The van der Waals surface area contributed by atoms with Gasteiger partial charge in [-0.1, -0.05) is 11.6 Å². The number of sulfonamides is 1. The molecule has 118 valence electrons. The molecule has 0 amide bonds. The first-order chi connectivity index (χ1) is 9.50. The summed E-state index contributed by atoms with van der Waals surface area (Å²) in [5.41, 5.74) is -2.01. The van der Waals surface area contributed by atoms with Gasteiger partial charge < -0.3 is 15.3 Å². The quantitative estimate of drug-likeness (QED) is 0.558. The van der Waals surface area contributed by atoms with Gasteiger partial charge >= 0.3 is 5.97 Å². The molecule has 0 heterocycles. The van der Waals surface area contributed by atoms with Crippen LogP contribution < -0.4 is 4.72 Å². The van der Waals surface area contributed by atoms with E-state index < -0.39 is 34.7 Å². The van der Waals surface area contributed by atoms with Gasteiger partial charge in [0.25, 0.3) is 0 Å². The van der Waals surface area contributed by atoms with Gasteiger partial charge in [-0.2, -0.15) is 0 Å². The van der Waals surface area contributed by atoms with E-state index in [4.69, 9.17) is 21.8 Å². The van der Waals surface area contributed by atoms with Gasteiger partial charge in [0.1, 0.15) is 0 Å². The van der Waals surface area contributed by atoms with E-state index in [2.05, 4.69) is 20.7 Å². The molecule has 7 nitrogen and oxygen atoms in total. The van der Waals surface area contributed by atoms with E-state index in [0.29, 0.717) is 0 Å². The van der Waals surface area contributed by atoms with Crippen LogP contribution >= 0.6 is 27.5 Å². The van der Waals surface area contributed by atoms with Crippen LogP contribution in [-0.2, 0) is 10.0 Å². The van der Waals surface area contributed by atoms with Gasteiger partial charge in [-0.15, -0.1) is 0 Å². The molecular weight excluding hydrogens is 390 g/mol. The SMILES string of the molecule is CC(O)(CO)CNS(=O)(=O)c1cc(Br)c(Cl)c(C(=O)O)c1. The molecule has 0 aromatic heterocycles. The van der Waals surface area contributed by atoms with Crippen LogP contribution in [0.3, 0.4) is 0 Å². The topological polar surface area (TPSA) is 124 Å². The van der Waals surface area contributed by atoms with Crippen LogP contribution in [0, 0.1) is 0 Å². The lowest BCUT2D eigenvalue weighted by Crippen LogP contribution is -2.43. The van der Waals surface area contributed by atoms with Crippen molar-refractivity contribution < 1.29 is 28.5 Å². The molecule has 0 bridgehead atoms. The average molecular weight is 403 g/mol. The number of hydrogen-bond acceptors (Lipinski definition) is 5. The summed E-state index contributed by atoms with van der Waals surface area (Å²) in [5, 5.41) is 27.3. The Morgan fingerprint density at radius 2 is 2.05 bits per heavy atom. The highest BCUT2D eigenvalue weighted by molar-refractivity contribution is 9.10. The number of carboxylic acids is 1. The van der Waals surface area contributed by atoms with E-state index >= 15 is 0 Å². The lowest BCUT2D eigenvalue weighted by Gasteiger charge is -2.20. The molecule has 0 fully saturated rings. The fourth-order valence-corrected chi connectivity index (χ4v) is 3.28. The fourth-order valence-electron chi connectivity index (χ4n) is 1.26. The van der Waals surface area contributed by atoms with E-state index in [1.165, 1.54) is 6.92 Å². The predicted octanol–water partition coefficient (Wildman–Crippen LogP) is 0.822. The largest absolute Gasteiger partial charge is 0.478 e. The summed E-state index contributed by atoms with van der Waals surface area (Å²) in [7, 11) is -4.07. The van der Waals surface area contributed by atoms with Crippen LogP contribution in [0.2, 0.25) is 5.02 Å². The first-order valence-corrected chi connectivity index (χ1v) is 8.21. The van der Waals surface area contributed by atoms with Crippen LogP contribution in [0.15, 0.2) is 21.5 Å². The molecule has 1 rings (SSSR count). The maximum atomic E-state index is 12.1. The fraction of sp³-hybridized carbons (Fsp3) is 0.364. The summed E-state index contributed by atoms with van der Waals surface area (Å²) < 4.78 is 26.3. The average Bonchev–Trinajstić information content (AvgIpc) is 2.39. The molecule has 1 aromatic rings. The smallest absolute Gasteiger partial charge is 0.337 e. The summed E-state index contributed by atoms with van der Waals surface area (Å²) in [5.74, 6) is -1.37. The van der Waals surface area contributed by atoms with Crippen molar-refractivity contribution in [1.29, 1.82) is 0 Å². The second kappa shape index (κ2) is 6.59. The second-order valence-corrected chi connectivity index (χ2v) is 7.55. The standard InChI is InChI=1S/C11H13BrClNO6S/c1-11(18,5-15)4-14-21(19,20)6-2-7(10(16)17)9(13)8(12)3-6/h2-3,14-15,18H,4-5H2,1H3,(H,16,17). The van der Waals surface area contributed by atoms with Gasteiger partial charge in [-0.3, -0.25) is 0 Å². The Labute approximate surface area is 134 Å². The van der Waals surface area contributed by atoms with Crippen molar-refractivity contribution in [1.82, 2.24) is 4.72 Å². The van der Waals surface area contributed by atoms with Crippen LogP contribution in [0.4, 0.5) is 0 Å². The molecule has 1 unspecified atom stereocenters. The lowest BCUT2D eigenvalue weighted by atomic mass is 10.1. The monoisotopic (exact) mass is 401 g/mol. The molecule has 1 aromatic carbocycles. The van der Waals surface area contributed by atoms with E-state index in [1.807, 2.05) is 0 Å². The van der Waals surface area contributed by atoms with Crippen LogP contribution in [0.1, 0.15) is 17.3 Å². The maximum absolute atomic E-state index is 12.1. The predicted molar refractivity (Wildman–Crippen MR) is 79.0 cm³/mol. The zero-order valence-electron chi connectivity index (χ0n) is 10.8. The van der Waals surface area contributed by atoms with Crippen molar-refractivity contribution in [2.45, 2.75) is 17.4 Å². The van der Waals surface area contributed by atoms with Crippen molar-refractivity contribution in [2.75, 3.05) is 13.2 Å². The number of halogens is 2. The minimum absolute atomic E-state index is 0.110. The molecule has 1 atom stereocenters. The van der Waals surface area contributed by atoms with Crippen LogP contribution in [0.5, 0.6) is 0 Å². The van der Waals surface area contributed by atoms with Crippen LogP contribution in [-0.4, -0.2) is 48.5 Å². The number of nitrogens with one attached hydrogen (secondary N) is 1. The Balaban J connectivity index is 3.18. The number of aromatic carboxylic acids is 1. The number of carboxylic acid groups (broad SMARTS) is 1. The molecule has 0 aliphatic heterocycles. The van der Waals surface area contributed by atoms with Gasteiger partial charge in [0.2, 0.25) is 10.0 Å². The Hall–Kier alpha value is -0.710. The molecule has 0 aliphatic rings. The van der Waals surface area contributed by atoms with Crippen molar-refractivity contribution in [3.05, 3.63) is 27.2 Å². The highest BCUT2D eigenvalue weighted by Gasteiger charge is 2.25. The van der Waals surface area contributed by atoms with E-state index in [-0.39, 0.29) is 20.0 Å². The number of carbonyl (C=O) groups is 1. The second-order valence-electron chi connectivity index (χ2n) is 4.55. The maximum Gasteiger partial charge on any atom is 0.337 e. The third-order valence-corrected chi connectivity index (χ3v) is 5.17. The number of benzene rings is 1. The molecule has 0 saturated carbocycles. The summed E-state index contributed by atoms with van der Waals surface area (Å²) in [4.78, 5) is 10.7. The van der Waals surface area contributed by atoms with Crippen molar-refractivity contribution in [3.8, 4) is 0 Å².